The maximum atomic E-state index is 12.1. The van der Waals surface area contributed by atoms with Gasteiger partial charge in [0.15, 0.2) is 0 Å². The molecule has 0 saturated carbocycles. The topological polar surface area (TPSA) is 38.3 Å². The third-order valence-corrected chi connectivity index (χ3v) is 3.38. The molecule has 0 aliphatic rings. The Bertz CT molecular complexity index is 632. The van der Waals surface area contributed by atoms with Crippen molar-refractivity contribution in [1.29, 1.82) is 0 Å². The van der Waals surface area contributed by atoms with E-state index in [0.717, 1.165) is 11.3 Å². The van der Waals surface area contributed by atoms with Crippen molar-refractivity contribution < 1.29 is 9.53 Å². The molecule has 0 spiro atoms. The van der Waals surface area contributed by atoms with Gasteiger partial charge in [-0.3, -0.25) is 0 Å². The maximum absolute atomic E-state index is 12.1. The Balaban J connectivity index is 2.29. The highest BCUT2D eigenvalue weighted by Gasteiger charge is 2.21. The van der Waals surface area contributed by atoms with Gasteiger partial charge in [0, 0.05) is 5.69 Å². The number of aryl methyl sites for hydroxylation is 1. The molecule has 0 radical (unpaired) electrons. The largest absolute Gasteiger partial charge is 0.463 e. The highest BCUT2D eigenvalue weighted by Crippen LogP contribution is 2.26. The third kappa shape index (κ3) is 3.98. The molecule has 2 aromatic rings. The van der Waals surface area contributed by atoms with Crippen LogP contribution in [0, 0.1) is 6.92 Å². The van der Waals surface area contributed by atoms with Crippen molar-refractivity contribution in [2.75, 3.05) is 11.9 Å². The van der Waals surface area contributed by atoms with E-state index in [1.165, 1.54) is 5.56 Å². The Morgan fingerprint density at radius 3 is 2.36 bits per heavy atom. The number of carbonyl (C=O) groups excluding carboxylic acids is 1. The number of rotatable bonds is 6. The summed E-state index contributed by atoms with van der Waals surface area (Å²) in [6.07, 6.45) is 0. The van der Waals surface area contributed by atoms with E-state index in [-0.39, 0.29) is 12.0 Å². The molecule has 2 rings (SSSR count). The van der Waals surface area contributed by atoms with E-state index in [9.17, 15) is 4.79 Å². The lowest BCUT2D eigenvalue weighted by molar-refractivity contribution is -0.138. The summed E-state index contributed by atoms with van der Waals surface area (Å²) in [5.74, 6) is -0.378. The van der Waals surface area contributed by atoms with Gasteiger partial charge in [-0.05, 0) is 31.5 Å². The molecule has 1 unspecified atom stereocenters. The van der Waals surface area contributed by atoms with Crippen LogP contribution in [0.4, 0.5) is 5.69 Å². The fourth-order valence-corrected chi connectivity index (χ4v) is 2.17. The Hall–Kier alpha value is -2.55. The average molecular weight is 295 g/mol. The summed E-state index contributed by atoms with van der Waals surface area (Å²) < 4.78 is 5.09. The van der Waals surface area contributed by atoms with Crippen molar-refractivity contribution in [2.24, 2.45) is 0 Å². The Labute approximate surface area is 131 Å². The molecule has 0 aliphatic heterocycles. The van der Waals surface area contributed by atoms with E-state index < -0.39 is 0 Å². The molecular weight excluding hydrogens is 274 g/mol. The lowest BCUT2D eigenvalue weighted by Gasteiger charge is -2.22. The van der Waals surface area contributed by atoms with Crippen LogP contribution < -0.4 is 5.32 Å². The Morgan fingerprint density at radius 1 is 1.14 bits per heavy atom. The van der Waals surface area contributed by atoms with Gasteiger partial charge in [0.1, 0.15) is 0 Å². The highest BCUT2D eigenvalue weighted by molar-refractivity contribution is 5.90. The van der Waals surface area contributed by atoms with Gasteiger partial charge in [0.05, 0.1) is 18.2 Å². The second kappa shape index (κ2) is 7.46. The van der Waals surface area contributed by atoms with Crippen LogP contribution in [0.3, 0.4) is 0 Å². The van der Waals surface area contributed by atoms with E-state index in [1.54, 1.807) is 6.92 Å². The van der Waals surface area contributed by atoms with Crippen LogP contribution in [-0.2, 0) is 9.53 Å². The first-order chi connectivity index (χ1) is 10.6. The van der Waals surface area contributed by atoms with Crippen molar-refractivity contribution in [1.82, 2.24) is 0 Å². The minimum Gasteiger partial charge on any atom is -0.463 e. The molecule has 0 saturated heterocycles. The number of carbonyl (C=O) groups is 1. The van der Waals surface area contributed by atoms with Crippen molar-refractivity contribution in [3.63, 3.8) is 0 Å². The fraction of sp³-hybridized carbons (Fsp3) is 0.211. The molecule has 1 atom stereocenters. The number of ether oxygens (including phenoxy) is 1. The van der Waals surface area contributed by atoms with Crippen molar-refractivity contribution >= 4 is 11.7 Å². The van der Waals surface area contributed by atoms with E-state index in [1.807, 2.05) is 61.5 Å². The summed E-state index contributed by atoms with van der Waals surface area (Å²) >= 11 is 0. The van der Waals surface area contributed by atoms with Gasteiger partial charge >= 0.3 is 5.97 Å². The summed E-state index contributed by atoms with van der Waals surface area (Å²) in [7, 11) is 0. The highest BCUT2D eigenvalue weighted by atomic mass is 16.5. The molecule has 0 heterocycles. The third-order valence-electron chi connectivity index (χ3n) is 3.38. The van der Waals surface area contributed by atoms with Gasteiger partial charge in [0.25, 0.3) is 0 Å². The number of para-hydroxylation sites is 1. The lowest BCUT2D eigenvalue weighted by atomic mass is 9.98. The first kappa shape index (κ1) is 15.8. The minimum absolute atomic E-state index is 0.318. The van der Waals surface area contributed by atoms with Crippen molar-refractivity contribution in [3.8, 4) is 0 Å². The number of esters is 1. The van der Waals surface area contributed by atoms with Crippen molar-refractivity contribution in [3.05, 3.63) is 77.9 Å². The molecule has 114 valence electrons. The Morgan fingerprint density at radius 2 is 1.77 bits per heavy atom. The molecule has 22 heavy (non-hydrogen) atoms. The zero-order valence-corrected chi connectivity index (χ0v) is 13.0. The first-order valence-electron chi connectivity index (χ1n) is 7.36. The number of benzene rings is 2. The smallest absolute Gasteiger partial charge is 0.335 e. The van der Waals surface area contributed by atoms with Crippen LogP contribution in [0.5, 0.6) is 0 Å². The Kier molecular flexibility index (Phi) is 5.37. The van der Waals surface area contributed by atoms with Gasteiger partial charge in [-0.25, -0.2) is 4.79 Å². The van der Waals surface area contributed by atoms with Gasteiger partial charge in [-0.1, -0.05) is 54.6 Å². The summed E-state index contributed by atoms with van der Waals surface area (Å²) in [6.45, 7) is 8.09. The first-order valence-corrected chi connectivity index (χ1v) is 7.36. The van der Waals surface area contributed by atoms with Gasteiger partial charge in [-0.2, -0.15) is 0 Å². The van der Waals surface area contributed by atoms with E-state index >= 15 is 0 Å². The SMILES string of the molecule is C=C(C(=O)OCC)C(Nc1ccccc1)c1ccc(C)cc1. The van der Waals surface area contributed by atoms with Gasteiger partial charge in [0.2, 0.25) is 0 Å². The van der Waals surface area contributed by atoms with E-state index in [4.69, 9.17) is 4.74 Å². The molecule has 1 N–H and O–H groups in total. The molecule has 3 nitrogen and oxygen atoms in total. The van der Waals surface area contributed by atoms with Crippen LogP contribution in [0.2, 0.25) is 0 Å². The zero-order chi connectivity index (χ0) is 15.9. The molecule has 0 bridgehead atoms. The van der Waals surface area contributed by atoms with Crippen molar-refractivity contribution in [2.45, 2.75) is 19.9 Å². The number of nitrogens with one attached hydrogen (secondary N) is 1. The van der Waals surface area contributed by atoms with Crippen LogP contribution in [0.15, 0.2) is 66.7 Å². The number of hydrogen-bond donors (Lipinski definition) is 1. The molecule has 2 aromatic carbocycles. The van der Waals surface area contributed by atoms with E-state index in [0.29, 0.717) is 12.2 Å². The predicted molar refractivity (Wildman–Crippen MR) is 89.8 cm³/mol. The second-order valence-electron chi connectivity index (χ2n) is 5.10. The summed E-state index contributed by atoms with van der Waals surface area (Å²) in [5.41, 5.74) is 3.48. The monoisotopic (exact) mass is 295 g/mol. The molecule has 0 amide bonds. The van der Waals surface area contributed by atoms with Crippen LogP contribution in [0.1, 0.15) is 24.1 Å². The maximum Gasteiger partial charge on any atom is 0.335 e. The molecule has 0 aromatic heterocycles. The predicted octanol–water partition coefficient (Wildman–Crippen LogP) is 4.27. The fourth-order valence-electron chi connectivity index (χ4n) is 2.17. The van der Waals surface area contributed by atoms with E-state index in [2.05, 4.69) is 11.9 Å². The van der Waals surface area contributed by atoms with Gasteiger partial charge < -0.3 is 10.1 Å². The molecule has 3 heteroatoms. The van der Waals surface area contributed by atoms with Gasteiger partial charge in [-0.15, -0.1) is 0 Å². The summed E-state index contributed by atoms with van der Waals surface area (Å²) in [6, 6.07) is 17.5. The molecule has 0 aliphatic carbocycles. The minimum atomic E-state index is -0.378. The van der Waals surface area contributed by atoms with Crippen LogP contribution >= 0.6 is 0 Å². The quantitative estimate of drug-likeness (QED) is 0.639. The second-order valence-corrected chi connectivity index (χ2v) is 5.10. The average Bonchev–Trinajstić information content (AvgIpc) is 2.54. The molecule has 0 fully saturated rings. The van der Waals surface area contributed by atoms with Crippen LogP contribution in [-0.4, -0.2) is 12.6 Å². The standard InChI is InChI=1S/C19H21NO2/c1-4-22-19(21)15(3)18(16-12-10-14(2)11-13-16)20-17-8-6-5-7-9-17/h5-13,18,20H,3-4H2,1-2H3. The summed E-state index contributed by atoms with van der Waals surface area (Å²) in [4.78, 5) is 12.1. The summed E-state index contributed by atoms with van der Waals surface area (Å²) in [5, 5.41) is 3.35. The zero-order valence-electron chi connectivity index (χ0n) is 13.0. The lowest BCUT2D eigenvalue weighted by Crippen LogP contribution is -2.20. The number of anilines is 1. The van der Waals surface area contributed by atoms with Crippen LogP contribution in [0.25, 0.3) is 0 Å². The number of hydrogen-bond acceptors (Lipinski definition) is 3. The molecular formula is C19H21NO2. The normalized spacial score (nSPS) is 11.5.